The molecule has 1 aliphatic heterocycles. The molecule has 2 heterocycles. The molecule has 0 spiro atoms. The SMILES string of the molecule is O=C(Cc1ccc(F)cc1)N1CCC(c2ccccc2)(c2noc(Cc3ccccc3)n2)CC1. The average Bonchev–Trinajstić information content (AvgIpc) is 3.35. The van der Waals surface area contributed by atoms with E-state index >= 15 is 0 Å². The van der Waals surface area contributed by atoms with Gasteiger partial charge in [-0.3, -0.25) is 4.79 Å². The second-order valence-electron chi connectivity index (χ2n) is 8.81. The molecule has 34 heavy (non-hydrogen) atoms. The Bertz CT molecular complexity index is 1230. The third-order valence-electron chi connectivity index (χ3n) is 6.66. The molecule has 0 N–H and O–H groups in total. The predicted molar refractivity (Wildman–Crippen MR) is 127 cm³/mol. The number of nitrogens with zero attached hydrogens (tertiary/aromatic N) is 3. The van der Waals surface area contributed by atoms with E-state index < -0.39 is 5.41 Å². The first kappa shape index (κ1) is 22.0. The zero-order chi connectivity index (χ0) is 23.4. The van der Waals surface area contributed by atoms with E-state index in [0.717, 1.165) is 16.7 Å². The van der Waals surface area contributed by atoms with Gasteiger partial charge < -0.3 is 9.42 Å². The second kappa shape index (κ2) is 9.59. The maximum absolute atomic E-state index is 13.2. The summed E-state index contributed by atoms with van der Waals surface area (Å²) in [6.07, 6.45) is 2.26. The highest BCUT2D eigenvalue weighted by Crippen LogP contribution is 2.40. The van der Waals surface area contributed by atoms with Gasteiger partial charge in [-0.2, -0.15) is 4.98 Å². The van der Waals surface area contributed by atoms with E-state index in [0.29, 0.717) is 44.1 Å². The van der Waals surface area contributed by atoms with Crippen LogP contribution in [0.5, 0.6) is 0 Å². The molecule has 1 saturated heterocycles. The molecule has 0 saturated carbocycles. The van der Waals surface area contributed by atoms with Crippen molar-refractivity contribution in [2.75, 3.05) is 13.1 Å². The molecule has 1 aliphatic rings. The van der Waals surface area contributed by atoms with Crippen LogP contribution in [0.4, 0.5) is 4.39 Å². The summed E-state index contributed by atoms with van der Waals surface area (Å²) in [4.78, 5) is 19.6. The Kier molecular flexibility index (Phi) is 6.21. The van der Waals surface area contributed by atoms with Crippen molar-refractivity contribution < 1.29 is 13.7 Å². The van der Waals surface area contributed by atoms with Gasteiger partial charge in [0, 0.05) is 13.1 Å². The summed E-state index contributed by atoms with van der Waals surface area (Å²) in [7, 11) is 0. The van der Waals surface area contributed by atoms with Crippen LogP contribution < -0.4 is 0 Å². The quantitative estimate of drug-likeness (QED) is 0.413. The maximum Gasteiger partial charge on any atom is 0.231 e. The van der Waals surface area contributed by atoms with E-state index in [1.165, 1.54) is 12.1 Å². The molecule has 5 rings (SSSR count). The number of carbonyl (C=O) groups excluding carboxylic acids is 1. The highest BCUT2D eigenvalue weighted by Gasteiger charge is 2.42. The molecule has 0 unspecified atom stereocenters. The highest BCUT2D eigenvalue weighted by atomic mass is 19.1. The monoisotopic (exact) mass is 455 g/mol. The van der Waals surface area contributed by atoms with Crippen LogP contribution in [-0.4, -0.2) is 34.0 Å². The molecule has 3 aromatic carbocycles. The smallest absolute Gasteiger partial charge is 0.231 e. The minimum absolute atomic E-state index is 0.0474. The number of hydrogen-bond donors (Lipinski definition) is 0. The van der Waals surface area contributed by atoms with Crippen molar-refractivity contribution in [1.82, 2.24) is 15.0 Å². The summed E-state index contributed by atoms with van der Waals surface area (Å²) >= 11 is 0. The molecule has 0 aliphatic carbocycles. The molecule has 1 amide bonds. The fraction of sp³-hybridized carbons (Fsp3) is 0.250. The van der Waals surface area contributed by atoms with Crippen LogP contribution in [0.2, 0.25) is 0 Å². The lowest BCUT2D eigenvalue weighted by Gasteiger charge is -2.40. The number of aromatic nitrogens is 2. The third-order valence-corrected chi connectivity index (χ3v) is 6.66. The lowest BCUT2D eigenvalue weighted by Crippen LogP contribution is -2.46. The molecule has 0 radical (unpaired) electrons. The Labute approximate surface area is 198 Å². The Morgan fingerprint density at radius 3 is 2.21 bits per heavy atom. The van der Waals surface area contributed by atoms with Crippen molar-refractivity contribution in [3.8, 4) is 0 Å². The van der Waals surface area contributed by atoms with Gasteiger partial charge in [0.2, 0.25) is 11.8 Å². The Balaban J connectivity index is 1.35. The van der Waals surface area contributed by atoms with Crippen LogP contribution in [0.3, 0.4) is 0 Å². The van der Waals surface area contributed by atoms with Crippen LogP contribution in [0, 0.1) is 5.82 Å². The Hall–Kier alpha value is -3.80. The van der Waals surface area contributed by atoms with E-state index in [1.54, 1.807) is 12.1 Å². The van der Waals surface area contributed by atoms with E-state index in [4.69, 9.17) is 9.51 Å². The molecule has 4 aromatic rings. The molecule has 172 valence electrons. The lowest BCUT2D eigenvalue weighted by atomic mass is 9.72. The van der Waals surface area contributed by atoms with E-state index in [9.17, 15) is 9.18 Å². The topological polar surface area (TPSA) is 59.2 Å². The summed E-state index contributed by atoms with van der Waals surface area (Å²) < 4.78 is 18.9. The van der Waals surface area contributed by atoms with Gasteiger partial charge >= 0.3 is 0 Å². The van der Waals surface area contributed by atoms with Crippen molar-refractivity contribution in [2.24, 2.45) is 0 Å². The number of carbonyl (C=O) groups is 1. The van der Waals surface area contributed by atoms with Gasteiger partial charge in [-0.05, 0) is 41.7 Å². The molecule has 0 atom stereocenters. The second-order valence-corrected chi connectivity index (χ2v) is 8.81. The zero-order valence-corrected chi connectivity index (χ0v) is 18.9. The summed E-state index contributed by atoms with van der Waals surface area (Å²) in [5, 5.41) is 4.41. The van der Waals surface area contributed by atoms with Gasteiger partial charge in [0.25, 0.3) is 0 Å². The standard InChI is InChI=1S/C28H26FN3O2/c29-24-13-11-22(12-14-24)20-26(33)32-17-15-28(16-18-32,23-9-5-2-6-10-23)27-30-25(34-31-27)19-21-7-3-1-4-8-21/h1-14H,15-20H2. The van der Waals surface area contributed by atoms with Crippen molar-refractivity contribution >= 4 is 5.91 Å². The molecule has 1 fully saturated rings. The zero-order valence-electron chi connectivity index (χ0n) is 18.9. The first-order valence-electron chi connectivity index (χ1n) is 11.6. The molecule has 6 heteroatoms. The maximum atomic E-state index is 13.2. The Morgan fingerprint density at radius 2 is 1.53 bits per heavy atom. The van der Waals surface area contributed by atoms with Crippen LogP contribution in [-0.2, 0) is 23.1 Å². The van der Waals surface area contributed by atoms with E-state index in [1.807, 2.05) is 53.4 Å². The van der Waals surface area contributed by atoms with Crippen molar-refractivity contribution in [3.05, 3.63) is 119 Å². The first-order valence-corrected chi connectivity index (χ1v) is 11.6. The average molecular weight is 456 g/mol. The normalized spacial score (nSPS) is 15.3. The minimum atomic E-state index is -0.410. The number of amides is 1. The van der Waals surface area contributed by atoms with Gasteiger partial charge in [-0.25, -0.2) is 4.39 Å². The summed E-state index contributed by atoms with van der Waals surface area (Å²) in [6.45, 7) is 1.19. The van der Waals surface area contributed by atoms with Crippen LogP contribution in [0.15, 0.2) is 89.5 Å². The molecule has 1 aromatic heterocycles. The first-order chi connectivity index (χ1) is 16.6. The van der Waals surface area contributed by atoms with Crippen molar-refractivity contribution in [2.45, 2.75) is 31.1 Å². The summed E-state index contributed by atoms with van der Waals surface area (Å²) in [6, 6.07) is 26.4. The van der Waals surface area contributed by atoms with Crippen molar-refractivity contribution in [1.29, 1.82) is 0 Å². The van der Waals surface area contributed by atoms with E-state index in [-0.39, 0.29) is 18.1 Å². The lowest BCUT2D eigenvalue weighted by molar-refractivity contribution is -0.131. The van der Waals surface area contributed by atoms with E-state index in [2.05, 4.69) is 17.3 Å². The van der Waals surface area contributed by atoms with Gasteiger partial charge in [-0.1, -0.05) is 78.0 Å². The summed E-state index contributed by atoms with van der Waals surface area (Å²) in [5.41, 5.74) is 2.65. The summed E-state index contributed by atoms with van der Waals surface area (Å²) in [5.74, 6) is 1.02. The molecular weight excluding hydrogens is 429 g/mol. The van der Waals surface area contributed by atoms with Crippen LogP contribution in [0.1, 0.15) is 41.2 Å². The largest absolute Gasteiger partial charge is 0.342 e. The fourth-order valence-electron chi connectivity index (χ4n) is 4.72. The van der Waals surface area contributed by atoms with Crippen LogP contribution in [0.25, 0.3) is 0 Å². The number of likely N-dealkylation sites (tertiary alicyclic amines) is 1. The van der Waals surface area contributed by atoms with Gasteiger partial charge in [0.1, 0.15) is 5.82 Å². The Morgan fingerprint density at radius 1 is 0.882 bits per heavy atom. The predicted octanol–water partition coefficient (Wildman–Crippen LogP) is 4.95. The molecule has 5 nitrogen and oxygen atoms in total. The number of benzene rings is 3. The number of piperidine rings is 1. The van der Waals surface area contributed by atoms with Gasteiger partial charge in [-0.15, -0.1) is 0 Å². The van der Waals surface area contributed by atoms with Gasteiger partial charge in [0.05, 0.1) is 18.3 Å². The fourth-order valence-corrected chi connectivity index (χ4v) is 4.72. The number of halogens is 1. The number of rotatable bonds is 6. The third kappa shape index (κ3) is 4.62. The minimum Gasteiger partial charge on any atom is -0.342 e. The van der Waals surface area contributed by atoms with Crippen LogP contribution >= 0.6 is 0 Å². The van der Waals surface area contributed by atoms with Crippen molar-refractivity contribution in [3.63, 3.8) is 0 Å². The molecule has 0 bridgehead atoms. The van der Waals surface area contributed by atoms with Gasteiger partial charge in [0.15, 0.2) is 5.82 Å². The molecular formula is C28H26FN3O2. The number of hydrogen-bond acceptors (Lipinski definition) is 4. The highest BCUT2D eigenvalue weighted by molar-refractivity contribution is 5.79.